The van der Waals surface area contributed by atoms with Gasteiger partial charge in [0.05, 0.1) is 11.1 Å². The molecule has 11 rings (SSSR count). The molecule has 2 heteroatoms. The maximum Gasteiger partial charge on any atom is 0.132 e. The standard InChI is InChI=1S/C53H37NO/c1-3-38(52(35-15-5-4-6-16-35)54-33(2)36-27-29-39-42-21-13-17-34-18-14-22-43(51(34)42)44(39)31-36)37-28-30-48-50(32-37)55-49-26-12-11-25-47(49)53(48)45-23-9-7-19-40(45)41-20-8-10-24-46(41)53/h4-32H,3H2,1-2H3/b52-38+,54-33?. The smallest absolute Gasteiger partial charge is 0.132 e. The summed E-state index contributed by atoms with van der Waals surface area (Å²) < 4.78 is 6.90. The highest BCUT2D eigenvalue weighted by atomic mass is 16.5. The topological polar surface area (TPSA) is 21.6 Å². The fourth-order valence-electron chi connectivity index (χ4n) is 9.71. The molecule has 55 heavy (non-hydrogen) atoms. The van der Waals surface area contributed by atoms with Gasteiger partial charge >= 0.3 is 0 Å². The molecule has 8 aromatic rings. The van der Waals surface area contributed by atoms with E-state index < -0.39 is 5.41 Å². The predicted molar refractivity (Wildman–Crippen MR) is 228 cm³/mol. The van der Waals surface area contributed by atoms with Gasteiger partial charge in [0.1, 0.15) is 11.5 Å². The van der Waals surface area contributed by atoms with Gasteiger partial charge in [0, 0.05) is 22.4 Å². The van der Waals surface area contributed by atoms with Gasteiger partial charge in [-0.2, -0.15) is 0 Å². The number of allylic oxidation sites excluding steroid dienone is 1. The van der Waals surface area contributed by atoms with Crippen LogP contribution in [-0.2, 0) is 5.41 Å². The van der Waals surface area contributed by atoms with Gasteiger partial charge in [-0.25, -0.2) is 0 Å². The Hall–Kier alpha value is -6.77. The van der Waals surface area contributed by atoms with Crippen LogP contribution in [0.25, 0.3) is 55.4 Å². The molecule has 0 amide bonds. The SMILES string of the molecule is CC/C(=C(\N=C(C)c1ccc2c(c1)-c1cccc3cccc-2c13)c1ccccc1)c1ccc2c(c1)Oc1ccccc1C21c2ccccc2-c2ccccc21. The van der Waals surface area contributed by atoms with E-state index in [0.29, 0.717) is 0 Å². The first-order valence-corrected chi connectivity index (χ1v) is 19.3. The molecule has 8 aromatic carbocycles. The number of fused-ring (bicyclic) bond motifs is 12. The van der Waals surface area contributed by atoms with Crippen molar-refractivity contribution < 1.29 is 4.74 Å². The fraction of sp³-hybridized carbons (Fsp3) is 0.0755. The fourth-order valence-corrected chi connectivity index (χ4v) is 9.71. The summed E-state index contributed by atoms with van der Waals surface area (Å²) in [5.41, 5.74) is 18.7. The van der Waals surface area contributed by atoms with Crippen LogP contribution in [0.4, 0.5) is 0 Å². The van der Waals surface area contributed by atoms with Crippen molar-refractivity contribution in [3.05, 3.63) is 215 Å². The van der Waals surface area contributed by atoms with Crippen molar-refractivity contribution in [1.82, 2.24) is 0 Å². The van der Waals surface area contributed by atoms with Gasteiger partial charge in [-0.3, -0.25) is 4.99 Å². The van der Waals surface area contributed by atoms with Crippen LogP contribution < -0.4 is 4.74 Å². The van der Waals surface area contributed by atoms with Crippen LogP contribution in [-0.4, -0.2) is 5.71 Å². The lowest BCUT2D eigenvalue weighted by Crippen LogP contribution is -2.32. The van der Waals surface area contributed by atoms with E-state index >= 15 is 0 Å². The maximum atomic E-state index is 6.90. The molecular formula is C53H37NO. The first-order valence-electron chi connectivity index (χ1n) is 19.3. The van der Waals surface area contributed by atoms with Crippen LogP contribution in [0.15, 0.2) is 181 Å². The molecule has 0 unspecified atom stereocenters. The zero-order valence-electron chi connectivity index (χ0n) is 30.8. The Morgan fingerprint density at radius 1 is 0.473 bits per heavy atom. The minimum absolute atomic E-state index is 0.486. The molecule has 0 saturated heterocycles. The van der Waals surface area contributed by atoms with E-state index in [0.717, 1.165) is 51.6 Å². The van der Waals surface area contributed by atoms with Gasteiger partial charge < -0.3 is 4.74 Å². The van der Waals surface area contributed by atoms with Crippen molar-refractivity contribution in [2.75, 3.05) is 0 Å². The highest BCUT2D eigenvalue weighted by Crippen LogP contribution is 2.62. The van der Waals surface area contributed by atoms with Crippen LogP contribution in [0, 0.1) is 0 Å². The van der Waals surface area contributed by atoms with E-state index in [-0.39, 0.29) is 0 Å². The summed E-state index contributed by atoms with van der Waals surface area (Å²) in [6, 6.07) is 63.9. The lowest BCUT2D eigenvalue weighted by atomic mass is 9.66. The molecule has 260 valence electrons. The first-order chi connectivity index (χ1) is 27.1. The van der Waals surface area contributed by atoms with Crippen molar-refractivity contribution in [2.24, 2.45) is 4.99 Å². The summed E-state index contributed by atoms with van der Waals surface area (Å²) in [7, 11) is 0. The van der Waals surface area contributed by atoms with Gasteiger partial charge in [0.2, 0.25) is 0 Å². The molecule has 1 aliphatic heterocycles. The number of para-hydroxylation sites is 1. The van der Waals surface area contributed by atoms with Crippen LogP contribution in [0.1, 0.15) is 59.2 Å². The van der Waals surface area contributed by atoms with Gasteiger partial charge in [-0.05, 0) is 104 Å². The largest absolute Gasteiger partial charge is 0.457 e. The Morgan fingerprint density at radius 3 is 1.80 bits per heavy atom. The Balaban J connectivity index is 1.09. The number of aliphatic imine (C=N–C) groups is 1. The Bertz CT molecular complexity index is 2900. The third kappa shape index (κ3) is 4.52. The Morgan fingerprint density at radius 2 is 1.07 bits per heavy atom. The van der Waals surface area contributed by atoms with E-state index in [1.54, 1.807) is 0 Å². The average molecular weight is 704 g/mol. The molecule has 1 spiro atoms. The quantitative estimate of drug-likeness (QED) is 0.129. The van der Waals surface area contributed by atoms with E-state index in [1.807, 2.05) is 0 Å². The molecule has 0 bridgehead atoms. The Labute approximate surface area is 321 Å². The highest BCUT2D eigenvalue weighted by molar-refractivity contribution is 6.16. The average Bonchev–Trinajstić information content (AvgIpc) is 3.72. The molecular weight excluding hydrogens is 667 g/mol. The van der Waals surface area contributed by atoms with Crippen molar-refractivity contribution in [3.8, 4) is 44.9 Å². The van der Waals surface area contributed by atoms with Gasteiger partial charge in [-0.15, -0.1) is 0 Å². The predicted octanol–water partition coefficient (Wildman–Crippen LogP) is 13.7. The highest BCUT2D eigenvalue weighted by Gasteiger charge is 2.50. The second kappa shape index (κ2) is 12.1. The van der Waals surface area contributed by atoms with E-state index in [1.165, 1.54) is 66.4 Å². The molecule has 0 N–H and O–H groups in total. The summed E-state index contributed by atoms with van der Waals surface area (Å²) in [6.45, 7) is 4.38. The van der Waals surface area contributed by atoms with Crippen LogP contribution >= 0.6 is 0 Å². The summed E-state index contributed by atoms with van der Waals surface area (Å²) in [6.07, 6.45) is 0.800. The summed E-state index contributed by atoms with van der Waals surface area (Å²) >= 11 is 0. The lowest BCUT2D eigenvalue weighted by Gasteiger charge is -2.39. The van der Waals surface area contributed by atoms with Crippen LogP contribution in [0.2, 0.25) is 0 Å². The molecule has 0 aromatic heterocycles. The van der Waals surface area contributed by atoms with Gasteiger partial charge in [0.15, 0.2) is 0 Å². The number of hydrogen-bond acceptors (Lipinski definition) is 2. The Kier molecular flexibility index (Phi) is 7.00. The van der Waals surface area contributed by atoms with Gasteiger partial charge in [0.25, 0.3) is 0 Å². The molecule has 3 aliphatic rings. The van der Waals surface area contributed by atoms with Crippen molar-refractivity contribution >= 4 is 27.8 Å². The van der Waals surface area contributed by atoms with Crippen molar-refractivity contribution in [2.45, 2.75) is 25.7 Å². The zero-order chi connectivity index (χ0) is 36.7. The molecule has 2 aliphatic carbocycles. The maximum absolute atomic E-state index is 6.90. The van der Waals surface area contributed by atoms with Crippen LogP contribution in [0.3, 0.4) is 0 Å². The number of rotatable bonds is 5. The van der Waals surface area contributed by atoms with Crippen molar-refractivity contribution in [1.29, 1.82) is 0 Å². The number of nitrogens with zero attached hydrogens (tertiary/aromatic N) is 1. The summed E-state index contributed by atoms with van der Waals surface area (Å²) in [5.74, 6) is 1.78. The second-order valence-electron chi connectivity index (χ2n) is 14.9. The number of benzene rings is 8. The van der Waals surface area contributed by atoms with Crippen molar-refractivity contribution in [3.63, 3.8) is 0 Å². The zero-order valence-corrected chi connectivity index (χ0v) is 30.8. The molecule has 0 atom stereocenters. The summed E-state index contributed by atoms with van der Waals surface area (Å²) in [4.78, 5) is 5.52. The number of hydrogen-bond donors (Lipinski definition) is 0. The van der Waals surface area contributed by atoms with E-state index in [9.17, 15) is 0 Å². The molecule has 1 heterocycles. The summed E-state index contributed by atoms with van der Waals surface area (Å²) in [5, 5.41) is 2.62. The monoisotopic (exact) mass is 703 g/mol. The van der Waals surface area contributed by atoms with E-state index in [4.69, 9.17) is 9.73 Å². The van der Waals surface area contributed by atoms with Gasteiger partial charge in [-0.1, -0.05) is 165 Å². The lowest BCUT2D eigenvalue weighted by molar-refractivity contribution is 0.436. The molecule has 0 fully saturated rings. The third-order valence-electron chi connectivity index (χ3n) is 12.1. The molecule has 0 saturated carbocycles. The normalized spacial score (nSPS) is 14.4. The van der Waals surface area contributed by atoms with E-state index in [2.05, 4.69) is 190 Å². The minimum Gasteiger partial charge on any atom is -0.457 e. The molecule has 2 nitrogen and oxygen atoms in total. The third-order valence-corrected chi connectivity index (χ3v) is 12.1. The molecule has 0 radical (unpaired) electrons. The van der Waals surface area contributed by atoms with Crippen LogP contribution in [0.5, 0.6) is 11.5 Å². The first kappa shape index (κ1) is 31.7. The minimum atomic E-state index is -0.486. The second-order valence-corrected chi connectivity index (χ2v) is 14.9. The number of ether oxygens (including phenoxy) is 1.